The van der Waals surface area contributed by atoms with Crippen LogP contribution in [0.4, 0.5) is 10.8 Å². The molecule has 0 radical (unpaired) electrons. The van der Waals surface area contributed by atoms with Gasteiger partial charge >= 0.3 is 0 Å². The zero-order valence-electron chi connectivity index (χ0n) is 11.3. The minimum atomic E-state index is 0.707. The first-order chi connectivity index (χ1) is 10.3. The molecular formula is C16H13ClN2OS. The molecule has 0 bridgehead atoms. The van der Waals surface area contributed by atoms with Gasteiger partial charge in [0.1, 0.15) is 5.75 Å². The average molecular weight is 317 g/mol. The van der Waals surface area contributed by atoms with Crippen LogP contribution in [0.25, 0.3) is 11.3 Å². The number of methoxy groups -OCH3 is 1. The minimum Gasteiger partial charge on any atom is -0.497 e. The van der Waals surface area contributed by atoms with E-state index in [1.54, 1.807) is 18.4 Å². The SMILES string of the molecule is COc1ccc(Nc2nc(-c3ccccc3Cl)cs2)cc1. The predicted molar refractivity (Wildman–Crippen MR) is 88.8 cm³/mol. The normalized spacial score (nSPS) is 10.4. The van der Waals surface area contributed by atoms with Crippen LogP contribution in [0, 0.1) is 0 Å². The highest BCUT2D eigenvalue weighted by molar-refractivity contribution is 7.14. The van der Waals surface area contributed by atoms with Crippen LogP contribution in [-0.4, -0.2) is 12.1 Å². The molecule has 0 spiro atoms. The summed E-state index contributed by atoms with van der Waals surface area (Å²) in [5, 5.41) is 6.80. The molecule has 0 amide bonds. The molecular weight excluding hydrogens is 304 g/mol. The number of rotatable bonds is 4. The number of halogens is 1. The molecule has 1 aromatic heterocycles. The van der Waals surface area contributed by atoms with E-state index in [1.165, 1.54) is 0 Å². The molecule has 2 aromatic carbocycles. The summed E-state index contributed by atoms with van der Waals surface area (Å²) in [6, 6.07) is 15.4. The van der Waals surface area contributed by atoms with Crippen LogP contribution in [0.2, 0.25) is 5.02 Å². The number of anilines is 2. The third-order valence-corrected chi connectivity index (χ3v) is 4.08. The third-order valence-electron chi connectivity index (χ3n) is 3.00. The lowest BCUT2D eigenvalue weighted by Gasteiger charge is -2.04. The van der Waals surface area contributed by atoms with Crippen LogP contribution in [0.15, 0.2) is 53.9 Å². The Morgan fingerprint density at radius 3 is 2.57 bits per heavy atom. The van der Waals surface area contributed by atoms with Gasteiger partial charge in [-0.25, -0.2) is 4.98 Å². The number of benzene rings is 2. The number of aromatic nitrogens is 1. The Morgan fingerprint density at radius 2 is 1.86 bits per heavy atom. The largest absolute Gasteiger partial charge is 0.497 e. The van der Waals surface area contributed by atoms with Crippen molar-refractivity contribution < 1.29 is 4.74 Å². The molecule has 0 atom stereocenters. The van der Waals surface area contributed by atoms with Crippen LogP contribution >= 0.6 is 22.9 Å². The molecule has 21 heavy (non-hydrogen) atoms. The second-order valence-corrected chi connectivity index (χ2v) is 5.64. The summed E-state index contributed by atoms with van der Waals surface area (Å²) in [5.41, 5.74) is 2.79. The van der Waals surface area contributed by atoms with Crippen molar-refractivity contribution >= 4 is 33.8 Å². The monoisotopic (exact) mass is 316 g/mol. The van der Waals surface area contributed by atoms with Crippen molar-refractivity contribution in [2.24, 2.45) is 0 Å². The van der Waals surface area contributed by atoms with Gasteiger partial charge in [-0.05, 0) is 30.3 Å². The maximum atomic E-state index is 6.19. The molecule has 3 aromatic rings. The van der Waals surface area contributed by atoms with E-state index in [1.807, 2.05) is 53.9 Å². The second-order valence-electron chi connectivity index (χ2n) is 4.37. The summed E-state index contributed by atoms with van der Waals surface area (Å²) >= 11 is 7.74. The van der Waals surface area contributed by atoms with Crippen molar-refractivity contribution in [3.8, 4) is 17.0 Å². The molecule has 0 aliphatic carbocycles. The van der Waals surface area contributed by atoms with Crippen LogP contribution in [0.3, 0.4) is 0 Å². The number of ether oxygens (including phenoxy) is 1. The van der Waals surface area contributed by atoms with E-state index < -0.39 is 0 Å². The predicted octanol–water partition coefficient (Wildman–Crippen LogP) is 5.22. The van der Waals surface area contributed by atoms with Gasteiger partial charge in [0.15, 0.2) is 5.13 Å². The first-order valence-electron chi connectivity index (χ1n) is 6.38. The molecule has 0 saturated carbocycles. The van der Waals surface area contributed by atoms with E-state index >= 15 is 0 Å². The van der Waals surface area contributed by atoms with E-state index in [4.69, 9.17) is 16.3 Å². The first-order valence-corrected chi connectivity index (χ1v) is 7.63. The second kappa shape index (κ2) is 6.16. The van der Waals surface area contributed by atoms with Gasteiger partial charge in [0.2, 0.25) is 0 Å². The Bertz CT molecular complexity index is 740. The average Bonchev–Trinajstić information content (AvgIpc) is 2.97. The molecule has 1 N–H and O–H groups in total. The summed E-state index contributed by atoms with van der Waals surface area (Å²) in [6.45, 7) is 0. The van der Waals surface area contributed by atoms with Gasteiger partial charge in [0.25, 0.3) is 0 Å². The summed E-state index contributed by atoms with van der Waals surface area (Å²) in [7, 11) is 1.65. The molecule has 106 valence electrons. The van der Waals surface area contributed by atoms with Crippen LogP contribution < -0.4 is 10.1 Å². The lowest BCUT2D eigenvalue weighted by molar-refractivity contribution is 0.415. The Morgan fingerprint density at radius 1 is 1.10 bits per heavy atom. The zero-order chi connectivity index (χ0) is 14.7. The van der Waals surface area contributed by atoms with Crippen LogP contribution in [0.1, 0.15) is 0 Å². The van der Waals surface area contributed by atoms with Gasteiger partial charge in [-0.3, -0.25) is 0 Å². The van der Waals surface area contributed by atoms with Gasteiger partial charge < -0.3 is 10.1 Å². The highest BCUT2D eigenvalue weighted by Gasteiger charge is 2.07. The molecule has 0 aliphatic rings. The molecule has 0 unspecified atom stereocenters. The van der Waals surface area contributed by atoms with Gasteiger partial charge in [-0.1, -0.05) is 29.8 Å². The smallest absolute Gasteiger partial charge is 0.187 e. The molecule has 0 saturated heterocycles. The number of thiazole rings is 1. The summed E-state index contributed by atoms with van der Waals surface area (Å²) in [5.74, 6) is 0.830. The summed E-state index contributed by atoms with van der Waals surface area (Å²) < 4.78 is 5.14. The molecule has 1 heterocycles. The number of nitrogens with one attached hydrogen (secondary N) is 1. The van der Waals surface area contributed by atoms with Crippen molar-refractivity contribution in [2.45, 2.75) is 0 Å². The van der Waals surface area contributed by atoms with E-state index in [2.05, 4.69) is 10.3 Å². The minimum absolute atomic E-state index is 0.707. The molecule has 3 nitrogen and oxygen atoms in total. The third kappa shape index (κ3) is 3.17. The Labute approximate surface area is 132 Å². The lowest BCUT2D eigenvalue weighted by atomic mass is 10.2. The quantitative estimate of drug-likeness (QED) is 0.717. The molecule has 3 rings (SSSR count). The van der Waals surface area contributed by atoms with Gasteiger partial charge in [0, 0.05) is 21.7 Å². The standard InChI is InChI=1S/C16H13ClN2OS/c1-20-12-8-6-11(7-9-12)18-16-19-15(10-21-16)13-4-2-3-5-14(13)17/h2-10H,1H3,(H,18,19). The molecule has 0 aliphatic heterocycles. The first kappa shape index (κ1) is 13.9. The maximum absolute atomic E-state index is 6.19. The van der Waals surface area contributed by atoms with Gasteiger partial charge in [-0.2, -0.15) is 0 Å². The van der Waals surface area contributed by atoms with Crippen molar-refractivity contribution in [3.05, 3.63) is 58.9 Å². The summed E-state index contributed by atoms with van der Waals surface area (Å²) in [6.07, 6.45) is 0. The fourth-order valence-corrected chi connectivity index (χ4v) is 2.88. The Balaban J connectivity index is 1.80. The molecule has 0 fully saturated rings. The van der Waals surface area contributed by atoms with Crippen LogP contribution in [-0.2, 0) is 0 Å². The van der Waals surface area contributed by atoms with Gasteiger partial charge in [0.05, 0.1) is 12.8 Å². The van der Waals surface area contributed by atoms with E-state index in [-0.39, 0.29) is 0 Å². The summed E-state index contributed by atoms with van der Waals surface area (Å²) in [4.78, 5) is 4.57. The highest BCUT2D eigenvalue weighted by Crippen LogP contribution is 2.31. The Kier molecular flexibility index (Phi) is 4.08. The lowest BCUT2D eigenvalue weighted by Crippen LogP contribution is -1.90. The highest BCUT2D eigenvalue weighted by atomic mass is 35.5. The Hall–Kier alpha value is -2.04. The van der Waals surface area contributed by atoms with Crippen molar-refractivity contribution in [1.82, 2.24) is 4.98 Å². The topological polar surface area (TPSA) is 34.1 Å². The molecule has 5 heteroatoms. The maximum Gasteiger partial charge on any atom is 0.187 e. The number of hydrogen-bond acceptors (Lipinski definition) is 4. The van der Waals surface area contributed by atoms with Crippen molar-refractivity contribution in [2.75, 3.05) is 12.4 Å². The van der Waals surface area contributed by atoms with Crippen molar-refractivity contribution in [1.29, 1.82) is 0 Å². The van der Waals surface area contributed by atoms with Crippen molar-refractivity contribution in [3.63, 3.8) is 0 Å². The van der Waals surface area contributed by atoms with Gasteiger partial charge in [-0.15, -0.1) is 11.3 Å². The van der Waals surface area contributed by atoms with E-state index in [9.17, 15) is 0 Å². The zero-order valence-corrected chi connectivity index (χ0v) is 12.9. The van der Waals surface area contributed by atoms with E-state index in [0.717, 1.165) is 27.8 Å². The fraction of sp³-hybridized carbons (Fsp3) is 0.0625. The fourth-order valence-electron chi connectivity index (χ4n) is 1.92. The van der Waals surface area contributed by atoms with Crippen LogP contribution in [0.5, 0.6) is 5.75 Å². The van der Waals surface area contributed by atoms with E-state index in [0.29, 0.717) is 5.02 Å². The number of nitrogens with zero attached hydrogens (tertiary/aromatic N) is 1. The number of hydrogen-bond donors (Lipinski definition) is 1.